The number of rotatable bonds is 7. The highest BCUT2D eigenvalue weighted by Crippen LogP contribution is 2.40. The van der Waals surface area contributed by atoms with E-state index in [1.807, 2.05) is 12.1 Å². The van der Waals surface area contributed by atoms with E-state index in [4.69, 9.17) is 44.6 Å². The molecule has 1 saturated heterocycles. The average molecular weight is 488 g/mol. The minimum atomic E-state index is -1.87. The first kappa shape index (κ1) is 23.8. The molecule has 1 unspecified atom stereocenters. The van der Waals surface area contributed by atoms with Crippen molar-refractivity contribution in [1.82, 2.24) is 19.7 Å². The first-order valence-corrected chi connectivity index (χ1v) is 11.6. The Morgan fingerprint density at radius 3 is 2.54 bits per heavy atom. The number of benzene rings is 1. The van der Waals surface area contributed by atoms with Gasteiger partial charge in [-0.3, -0.25) is 0 Å². The van der Waals surface area contributed by atoms with E-state index in [1.54, 1.807) is 13.3 Å². The lowest BCUT2D eigenvalue weighted by atomic mass is 9.49. The van der Waals surface area contributed by atoms with Crippen LogP contribution in [-0.4, -0.2) is 69.5 Å². The largest absolute Gasteiger partial charge is 0.481 e. The molecule has 0 spiro atoms. The van der Waals surface area contributed by atoms with Crippen LogP contribution >= 0.6 is 11.6 Å². The Labute approximate surface area is 211 Å². The highest BCUT2D eigenvalue weighted by Gasteiger charge is 2.43. The number of methoxy groups -OCH3 is 1. The van der Waals surface area contributed by atoms with Crippen molar-refractivity contribution in [3.8, 4) is 17.6 Å². The molecular weight excluding hydrogens is 467 g/mol. The molecular formula is C22H21B3ClFN6O2. The maximum atomic E-state index is 13.5. The molecule has 1 aliphatic carbocycles. The molecule has 1 aromatic carbocycles. The fourth-order valence-corrected chi connectivity index (χ4v) is 5.02. The number of nitrogens with zero attached hydrogens (tertiary/aromatic N) is 5. The summed E-state index contributed by atoms with van der Waals surface area (Å²) in [5, 5.41) is 5.83. The standard InChI is InChI=1S/C22H21B3ClFN6O2/c1-34-18-8-14(6-7-28-18)32-10-12-2-3-13(11-32)19(12)29-20-30-21(33(31-20)22(23,24)25)35-15-4-5-17(27)16(26)9-15/h4-9,12-13,19H,2-3,10-11H2,1H3,(H,29,31)/t12-,13+,19?. The van der Waals surface area contributed by atoms with Gasteiger partial charge in [-0.25, -0.2) is 14.1 Å². The molecule has 3 heterocycles. The zero-order valence-electron chi connectivity index (χ0n) is 19.1. The molecule has 5 rings (SSSR count). The van der Waals surface area contributed by atoms with Crippen LogP contribution in [-0.2, 0) is 5.24 Å². The number of piperidine rings is 1. The number of ether oxygens (including phenoxy) is 2. The maximum absolute atomic E-state index is 13.5. The van der Waals surface area contributed by atoms with Gasteiger partial charge in [0.05, 0.1) is 35.7 Å². The zero-order chi connectivity index (χ0) is 24.7. The highest BCUT2D eigenvalue weighted by molar-refractivity contribution is 6.56. The summed E-state index contributed by atoms with van der Waals surface area (Å²) in [4.78, 5) is 11.0. The molecule has 1 N–H and O–H groups in total. The second kappa shape index (κ2) is 9.30. The number of hydrogen-bond donors (Lipinski definition) is 1. The van der Waals surface area contributed by atoms with Gasteiger partial charge < -0.3 is 19.7 Å². The smallest absolute Gasteiger partial charge is 0.320 e. The second-order valence-corrected chi connectivity index (χ2v) is 9.33. The quantitative estimate of drug-likeness (QED) is 0.513. The van der Waals surface area contributed by atoms with Gasteiger partial charge in [0.15, 0.2) is 0 Å². The van der Waals surface area contributed by atoms with Gasteiger partial charge in [0.25, 0.3) is 0 Å². The van der Waals surface area contributed by atoms with E-state index in [0.717, 1.165) is 36.3 Å². The highest BCUT2D eigenvalue weighted by atomic mass is 35.5. The van der Waals surface area contributed by atoms with Crippen molar-refractivity contribution in [3.05, 3.63) is 47.4 Å². The fraction of sp³-hybridized carbons (Fsp3) is 0.409. The molecule has 2 fully saturated rings. The second-order valence-electron chi connectivity index (χ2n) is 8.92. The molecule has 3 atom stereocenters. The Morgan fingerprint density at radius 1 is 1.14 bits per heavy atom. The van der Waals surface area contributed by atoms with Crippen molar-refractivity contribution in [2.45, 2.75) is 24.1 Å². The third-order valence-corrected chi connectivity index (χ3v) is 6.76. The number of nitrogens with one attached hydrogen (secondary N) is 1. The van der Waals surface area contributed by atoms with Gasteiger partial charge in [0.1, 0.15) is 11.6 Å². The molecule has 2 aliphatic rings. The lowest BCUT2D eigenvalue weighted by Gasteiger charge is -2.39. The Balaban J connectivity index is 1.34. The number of anilines is 2. The van der Waals surface area contributed by atoms with Crippen LogP contribution in [0.5, 0.6) is 17.6 Å². The summed E-state index contributed by atoms with van der Waals surface area (Å²) in [5.74, 6) is 1.30. The first-order chi connectivity index (χ1) is 16.7. The topological polar surface area (TPSA) is 77.3 Å². The van der Waals surface area contributed by atoms with Gasteiger partial charge in [-0.15, -0.1) is 5.10 Å². The van der Waals surface area contributed by atoms with Crippen LogP contribution in [0.15, 0.2) is 36.5 Å². The van der Waals surface area contributed by atoms with Gasteiger partial charge in [0.2, 0.25) is 11.8 Å². The number of aromatic nitrogens is 4. The van der Waals surface area contributed by atoms with Gasteiger partial charge in [-0.05, 0) is 48.1 Å². The van der Waals surface area contributed by atoms with Crippen molar-refractivity contribution >= 4 is 46.8 Å². The summed E-state index contributed by atoms with van der Waals surface area (Å²) >= 11 is 5.86. The van der Waals surface area contributed by atoms with E-state index >= 15 is 0 Å². The molecule has 2 aromatic heterocycles. The van der Waals surface area contributed by atoms with Gasteiger partial charge >= 0.3 is 6.01 Å². The molecule has 0 amide bonds. The third kappa shape index (κ3) is 4.94. The summed E-state index contributed by atoms with van der Waals surface area (Å²) in [6.07, 6.45) is 3.91. The van der Waals surface area contributed by atoms with Crippen LogP contribution < -0.4 is 19.7 Å². The average Bonchev–Trinajstić information content (AvgIpc) is 3.32. The van der Waals surface area contributed by atoms with E-state index in [-0.39, 0.29) is 22.8 Å². The van der Waals surface area contributed by atoms with E-state index in [0.29, 0.717) is 23.7 Å². The molecule has 1 aliphatic heterocycles. The van der Waals surface area contributed by atoms with Gasteiger partial charge in [-0.2, -0.15) is 4.98 Å². The van der Waals surface area contributed by atoms with E-state index < -0.39 is 11.1 Å². The first-order valence-electron chi connectivity index (χ1n) is 11.2. The SMILES string of the molecule is [B]C([B])([B])n1nc(NC2[C@@H]3CC[C@H]2CN(c2ccnc(OC)c2)C3)nc1Oc1ccc(F)c(Cl)c1. The van der Waals surface area contributed by atoms with E-state index in [2.05, 4.69) is 25.3 Å². The normalized spacial score (nSPS) is 21.7. The minimum absolute atomic E-state index is 0.0451. The number of pyridine rings is 1. The maximum Gasteiger partial charge on any atom is 0.320 e. The Bertz CT molecular complexity index is 1210. The Hall–Kier alpha value is -2.88. The predicted octanol–water partition coefficient (Wildman–Crippen LogP) is 2.67. The van der Waals surface area contributed by atoms with Crippen LogP contribution in [0, 0.1) is 17.7 Å². The van der Waals surface area contributed by atoms with Crippen LogP contribution in [0.1, 0.15) is 12.8 Å². The summed E-state index contributed by atoms with van der Waals surface area (Å²) in [6, 6.07) is 7.96. The monoisotopic (exact) mass is 488 g/mol. The minimum Gasteiger partial charge on any atom is -0.481 e. The molecule has 3 aromatic rings. The van der Waals surface area contributed by atoms with Crippen molar-refractivity contribution in [1.29, 1.82) is 0 Å². The van der Waals surface area contributed by atoms with Crippen LogP contribution in [0.3, 0.4) is 0 Å². The molecule has 174 valence electrons. The van der Waals surface area contributed by atoms with Gasteiger partial charge in [-0.1, -0.05) is 11.6 Å². The lowest BCUT2D eigenvalue weighted by molar-refractivity contribution is 0.374. The van der Waals surface area contributed by atoms with Crippen molar-refractivity contribution in [2.24, 2.45) is 11.8 Å². The zero-order valence-corrected chi connectivity index (χ0v) is 19.8. The third-order valence-electron chi connectivity index (χ3n) is 6.47. The summed E-state index contributed by atoms with van der Waals surface area (Å²) in [6.45, 7) is 1.74. The predicted molar refractivity (Wildman–Crippen MR) is 133 cm³/mol. The molecule has 13 heteroatoms. The Kier molecular flexibility index (Phi) is 6.33. The summed E-state index contributed by atoms with van der Waals surface area (Å²) in [7, 11) is 19.3. The molecule has 35 heavy (non-hydrogen) atoms. The van der Waals surface area contributed by atoms with Crippen molar-refractivity contribution < 1.29 is 13.9 Å². The van der Waals surface area contributed by atoms with Gasteiger partial charge in [0, 0.05) is 43.1 Å². The number of hydrogen-bond acceptors (Lipinski definition) is 7. The van der Waals surface area contributed by atoms with Crippen molar-refractivity contribution in [3.63, 3.8) is 0 Å². The summed E-state index contributed by atoms with van der Waals surface area (Å²) in [5.41, 5.74) is 1.09. The molecule has 1 saturated carbocycles. The lowest BCUT2D eigenvalue weighted by Crippen LogP contribution is -2.48. The molecule has 8 nitrogen and oxygen atoms in total. The van der Waals surface area contributed by atoms with Crippen LogP contribution in [0.25, 0.3) is 0 Å². The van der Waals surface area contributed by atoms with Crippen molar-refractivity contribution in [2.75, 3.05) is 30.4 Å². The number of fused-ring (bicyclic) bond motifs is 2. The molecule has 6 radical (unpaired) electrons. The van der Waals surface area contributed by atoms with Crippen LogP contribution in [0.4, 0.5) is 16.0 Å². The number of halogens is 2. The molecule has 2 bridgehead atoms. The Morgan fingerprint density at radius 2 is 1.89 bits per heavy atom. The summed E-state index contributed by atoms with van der Waals surface area (Å²) < 4.78 is 25.6. The van der Waals surface area contributed by atoms with Crippen LogP contribution in [0.2, 0.25) is 5.02 Å². The van der Waals surface area contributed by atoms with E-state index in [1.165, 1.54) is 18.2 Å². The van der Waals surface area contributed by atoms with E-state index in [9.17, 15) is 4.39 Å². The fourth-order valence-electron chi connectivity index (χ4n) is 4.85.